The van der Waals surface area contributed by atoms with Crippen LogP contribution in [0.4, 0.5) is 11.4 Å². The third-order valence-corrected chi connectivity index (χ3v) is 5.15. The molecule has 2 amide bonds. The van der Waals surface area contributed by atoms with Gasteiger partial charge >= 0.3 is 0 Å². The van der Waals surface area contributed by atoms with Crippen molar-refractivity contribution in [3.8, 4) is 10.4 Å². The van der Waals surface area contributed by atoms with Gasteiger partial charge in [-0.15, -0.1) is 11.3 Å². The van der Waals surface area contributed by atoms with E-state index in [1.165, 1.54) is 23.7 Å². The van der Waals surface area contributed by atoms with Crippen molar-refractivity contribution >= 4 is 39.9 Å². The topological polar surface area (TPSA) is 106 Å². The number of thiazole rings is 1. The molecule has 4 rings (SSSR count). The number of hydrogen-bond acceptors (Lipinski definition) is 6. The molecule has 27 heavy (non-hydrogen) atoms. The molecule has 0 fully saturated rings. The van der Waals surface area contributed by atoms with Crippen molar-refractivity contribution < 1.29 is 9.59 Å². The van der Waals surface area contributed by atoms with Gasteiger partial charge in [0.2, 0.25) is 6.41 Å². The Labute approximate surface area is 157 Å². The van der Waals surface area contributed by atoms with Gasteiger partial charge in [-0.25, -0.2) is 4.52 Å². The van der Waals surface area contributed by atoms with E-state index in [0.717, 1.165) is 15.3 Å². The monoisotopic (exact) mass is 381 g/mol. The summed E-state index contributed by atoms with van der Waals surface area (Å²) in [6.45, 7) is 1.78. The van der Waals surface area contributed by atoms with Gasteiger partial charge in [0, 0.05) is 25.0 Å². The van der Waals surface area contributed by atoms with Gasteiger partial charge in [-0.05, 0) is 13.0 Å². The van der Waals surface area contributed by atoms with E-state index in [4.69, 9.17) is 0 Å². The van der Waals surface area contributed by atoms with Crippen LogP contribution in [0.5, 0.6) is 0 Å². The Balaban J connectivity index is 1.64. The number of aryl methyl sites for hydroxylation is 2. The highest BCUT2D eigenvalue weighted by Gasteiger charge is 2.18. The summed E-state index contributed by atoms with van der Waals surface area (Å²) in [5, 5.41) is 13.8. The Morgan fingerprint density at radius 2 is 2.07 bits per heavy atom. The average Bonchev–Trinajstić information content (AvgIpc) is 3.32. The predicted octanol–water partition coefficient (Wildman–Crippen LogP) is 2.32. The van der Waals surface area contributed by atoms with E-state index < -0.39 is 0 Å². The number of anilines is 2. The molecule has 0 aliphatic heterocycles. The summed E-state index contributed by atoms with van der Waals surface area (Å²) < 4.78 is 3.40. The minimum Gasteiger partial charge on any atom is -0.327 e. The van der Waals surface area contributed by atoms with Gasteiger partial charge in [0.15, 0.2) is 0 Å². The second-order valence-corrected chi connectivity index (χ2v) is 6.91. The normalized spacial score (nSPS) is 10.9. The van der Waals surface area contributed by atoms with Gasteiger partial charge < -0.3 is 10.6 Å². The largest absolute Gasteiger partial charge is 0.327 e. The van der Waals surface area contributed by atoms with Gasteiger partial charge in [0.25, 0.3) is 5.91 Å². The fourth-order valence-corrected chi connectivity index (χ4v) is 3.65. The van der Waals surface area contributed by atoms with Crippen molar-refractivity contribution in [1.82, 2.24) is 24.4 Å². The van der Waals surface area contributed by atoms with Crippen LogP contribution in [0.15, 0.2) is 37.1 Å². The Hall–Kier alpha value is -3.53. The molecular weight excluding hydrogens is 366 g/mol. The van der Waals surface area contributed by atoms with Crippen molar-refractivity contribution in [2.75, 3.05) is 10.6 Å². The van der Waals surface area contributed by atoms with Gasteiger partial charge in [-0.3, -0.25) is 19.3 Å². The van der Waals surface area contributed by atoms with Crippen molar-refractivity contribution in [2.24, 2.45) is 7.05 Å². The second-order valence-electron chi connectivity index (χ2n) is 5.88. The molecule has 2 N–H and O–H groups in total. The number of carbonyl (C=O) groups excluding carboxylic acids is 2. The maximum atomic E-state index is 12.8. The molecule has 4 aromatic rings. The highest BCUT2D eigenvalue weighted by molar-refractivity contribution is 7.21. The predicted molar refractivity (Wildman–Crippen MR) is 102 cm³/mol. The number of amides is 2. The van der Waals surface area contributed by atoms with E-state index in [2.05, 4.69) is 25.8 Å². The van der Waals surface area contributed by atoms with Crippen LogP contribution in [-0.4, -0.2) is 36.7 Å². The molecule has 0 aliphatic rings. The molecule has 0 spiro atoms. The Kier molecular flexibility index (Phi) is 4.16. The molecule has 0 aliphatic carbocycles. The van der Waals surface area contributed by atoms with Crippen molar-refractivity contribution in [1.29, 1.82) is 0 Å². The van der Waals surface area contributed by atoms with Crippen LogP contribution in [0.1, 0.15) is 16.1 Å². The van der Waals surface area contributed by atoms with Crippen LogP contribution in [-0.2, 0) is 11.8 Å². The maximum absolute atomic E-state index is 12.8. The minimum atomic E-state index is -0.294. The van der Waals surface area contributed by atoms with Crippen LogP contribution < -0.4 is 10.6 Å². The Morgan fingerprint density at radius 3 is 2.81 bits per heavy atom. The van der Waals surface area contributed by atoms with E-state index in [-0.39, 0.29) is 5.91 Å². The van der Waals surface area contributed by atoms with Gasteiger partial charge in [-0.2, -0.15) is 10.2 Å². The van der Waals surface area contributed by atoms with Crippen LogP contribution >= 0.6 is 11.3 Å². The van der Waals surface area contributed by atoms with E-state index >= 15 is 0 Å². The summed E-state index contributed by atoms with van der Waals surface area (Å²) in [5.41, 5.74) is 3.09. The molecule has 10 heteroatoms. The first-order valence-corrected chi connectivity index (χ1v) is 8.81. The Morgan fingerprint density at radius 1 is 1.22 bits per heavy atom. The quantitative estimate of drug-likeness (QED) is 0.516. The number of aromatic nitrogens is 5. The number of nitrogens with zero attached hydrogens (tertiary/aromatic N) is 5. The lowest BCUT2D eigenvalue weighted by Crippen LogP contribution is -2.13. The molecule has 0 unspecified atom stereocenters. The summed E-state index contributed by atoms with van der Waals surface area (Å²) in [5.74, 6) is -0.294. The van der Waals surface area contributed by atoms with Crippen molar-refractivity contribution in [3.05, 3.63) is 48.3 Å². The van der Waals surface area contributed by atoms with Gasteiger partial charge in [0.05, 0.1) is 46.1 Å². The van der Waals surface area contributed by atoms with E-state index in [1.54, 1.807) is 28.4 Å². The fourth-order valence-electron chi connectivity index (χ4n) is 2.62. The summed E-state index contributed by atoms with van der Waals surface area (Å²) in [7, 11) is 1.85. The second kappa shape index (κ2) is 6.65. The first kappa shape index (κ1) is 16.9. The molecule has 9 nitrogen and oxygen atoms in total. The number of pyridine rings is 1. The third kappa shape index (κ3) is 3.17. The summed E-state index contributed by atoms with van der Waals surface area (Å²) in [6, 6.07) is 1.66. The van der Waals surface area contributed by atoms with E-state index in [1.807, 2.05) is 19.4 Å². The summed E-state index contributed by atoms with van der Waals surface area (Å²) in [6.07, 6.45) is 9.17. The van der Waals surface area contributed by atoms with Crippen molar-refractivity contribution in [2.45, 2.75) is 6.92 Å². The highest BCUT2D eigenvalue weighted by atomic mass is 32.1. The number of nitrogens with one attached hydrogen (secondary N) is 2. The lowest BCUT2D eigenvalue weighted by molar-refractivity contribution is -0.105. The minimum absolute atomic E-state index is 0.294. The SMILES string of the molecule is Cc1ncc(NC=O)cc1NC(=O)c1cnn2cc(-c3cnn(C)c3)sc12. The number of carbonyl (C=O) groups is 2. The van der Waals surface area contributed by atoms with Crippen LogP contribution in [0, 0.1) is 6.92 Å². The lowest BCUT2D eigenvalue weighted by Gasteiger charge is -2.08. The lowest BCUT2D eigenvalue weighted by atomic mass is 10.2. The molecule has 136 valence electrons. The van der Waals surface area contributed by atoms with E-state index in [0.29, 0.717) is 29.0 Å². The number of fused-ring (bicyclic) bond motifs is 1. The van der Waals surface area contributed by atoms with Crippen LogP contribution in [0.3, 0.4) is 0 Å². The zero-order valence-corrected chi connectivity index (χ0v) is 15.3. The zero-order chi connectivity index (χ0) is 19.0. The number of hydrogen-bond donors (Lipinski definition) is 2. The molecule has 0 radical (unpaired) electrons. The third-order valence-electron chi connectivity index (χ3n) is 3.99. The molecule has 0 atom stereocenters. The molecule has 4 heterocycles. The fraction of sp³-hybridized carbons (Fsp3) is 0.118. The smallest absolute Gasteiger partial charge is 0.260 e. The average molecular weight is 381 g/mol. The summed E-state index contributed by atoms with van der Waals surface area (Å²) in [4.78, 5) is 29.3. The molecular formula is C17H15N7O2S. The molecule has 0 saturated carbocycles. The molecule has 0 aromatic carbocycles. The molecule has 0 saturated heterocycles. The van der Waals surface area contributed by atoms with Crippen LogP contribution in [0.2, 0.25) is 0 Å². The van der Waals surface area contributed by atoms with E-state index in [9.17, 15) is 9.59 Å². The number of rotatable bonds is 5. The van der Waals surface area contributed by atoms with Crippen molar-refractivity contribution in [3.63, 3.8) is 0 Å². The molecule has 0 bridgehead atoms. The summed E-state index contributed by atoms with van der Waals surface area (Å²) >= 11 is 1.46. The maximum Gasteiger partial charge on any atom is 0.260 e. The zero-order valence-electron chi connectivity index (χ0n) is 14.5. The Bertz CT molecular complexity index is 1160. The van der Waals surface area contributed by atoms with Crippen LogP contribution in [0.25, 0.3) is 15.3 Å². The van der Waals surface area contributed by atoms with Gasteiger partial charge in [-0.1, -0.05) is 0 Å². The highest BCUT2D eigenvalue weighted by Crippen LogP contribution is 2.30. The van der Waals surface area contributed by atoms with Gasteiger partial charge in [0.1, 0.15) is 4.83 Å². The standard InChI is InChI=1S/C17H15N7O2S/c1-10-14(3-12(5-18-10)19-9-25)22-16(26)13-6-21-24-8-15(27-17(13)24)11-4-20-23(2)7-11/h3-9H,1-2H3,(H,19,25)(H,22,26). The molecule has 4 aromatic heterocycles. The first-order valence-electron chi connectivity index (χ1n) is 7.99. The first-order chi connectivity index (χ1) is 13.0.